The number of carbonyl (C=O) groups is 1. The number of hydrogen-bond acceptors (Lipinski definition) is 3. The second-order valence-corrected chi connectivity index (χ2v) is 4.14. The van der Waals surface area contributed by atoms with Crippen LogP contribution in [-0.4, -0.2) is 25.3 Å². The van der Waals surface area contributed by atoms with E-state index in [1.165, 1.54) is 18.2 Å². The van der Waals surface area contributed by atoms with Crippen LogP contribution in [0, 0.1) is 0 Å². The summed E-state index contributed by atoms with van der Waals surface area (Å²) in [4.78, 5) is 15.0. The molecule has 9 heteroatoms. The normalized spacial score (nSPS) is 11.2. The summed E-state index contributed by atoms with van der Waals surface area (Å²) in [5, 5.41) is 0.562. The second kappa shape index (κ2) is 6.83. The number of hydroxylamine groups is 1. The summed E-state index contributed by atoms with van der Waals surface area (Å²) < 4.78 is 40.1. The van der Waals surface area contributed by atoms with E-state index in [-0.39, 0.29) is 10.8 Å². The molecule has 4 nitrogen and oxygen atoms in total. The molecule has 0 saturated carbocycles. The van der Waals surface area contributed by atoms with Gasteiger partial charge in [-0.15, -0.1) is 0 Å². The SMILES string of the molecule is O=C(COc1ccc(Cl)cc1Cl)NOCC(F)(F)F. The molecule has 0 unspecified atom stereocenters. The molecule has 0 fully saturated rings. The van der Waals surface area contributed by atoms with Crippen molar-refractivity contribution < 1.29 is 27.5 Å². The summed E-state index contributed by atoms with van der Waals surface area (Å²) in [5.74, 6) is -0.702. The first-order chi connectivity index (χ1) is 8.78. The molecule has 1 aromatic carbocycles. The van der Waals surface area contributed by atoms with Gasteiger partial charge in [0.1, 0.15) is 5.75 Å². The Balaban J connectivity index is 2.34. The van der Waals surface area contributed by atoms with Crippen molar-refractivity contribution in [2.24, 2.45) is 0 Å². The smallest absolute Gasteiger partial charge is 0.414 e. The van der Waals surface area contributed by atoms with E-state index in [0.717, 1.165) is 0 Å². The molecule has 106 valence electrons. The maximum Gasteiger partial charge on any atom is 0.414 e. The van der Waals surface area contributed by atoms with Crippen LogP contribution in [0.15, 0.2) is 18.2 Å². The molecule has 1 aromatic rings. The average molecular weight is 318 g/mol. The second-order valence-electron chi connectivity index (χ2n) is 3.29. The van der Waals surface area contributed by atoms with Crippen molar-refractivity contribution in [1.29, 1.82) is 0 Å². The highest BCUT2D eigenvalue weighted by Crippen LogP contribution is 2.27. The summed E-state index contributed by atoms with van der Waals surface area (Å²) in [6.07, 6.45) is -4.52. The molecule has 0 radical (unpaired) electrons. The van der Waals surface area contributed by atoms with E-state index in [9.17, 15) is 18.0 Å². The lowest BCUT2D eigenvalue weighted by Crippen LogP contribution is -2.32. The van der Waals surface area contributed by atoms with Crippen LogP contribution in [0.2, 0.25) is 10.0 Å². The van der Waals surface area contributed by atoms with Gasteiger partial charge >= 0.3 is 6.18 Å². The first-order valence-corrected chi connectivity index (χ1v) is 5.59. The van der Waals surface area contributed by atoms with Crippen LogP contribution < -0.4 is 10.2 Å². The lowest BCUT2D eigenvalue weighted by Gasteiger charge is -2.10. The summed E-state index contributed by atoms with van der Waals surface area (Å²) in [5.41, 5.74) is 1.59. The van der Waals surface area contributed by atoms with Gasteiger partial charge in [0.15, 0.2) is 13.2 Å². The summed E-state index contributed by atoms with van der Waals surface area (Å²) >= 11 is 11.4. The van der Waals surface area contributed by atoms with Gasteiger partial charge in [0.05, 0.1) is 5.02 Å². The molecule has 1 N–H and O–H groups in total. The zero-order valence-electron chi connectivity index (χ0n) is 9.26. The van der Waals surface area contributed by atoms with Crippen molar-refractivity contribution >= 4 is 29.1 Å². The third-order valence-corrected chi connectivity index (χ3v) is 2.20. The molecule has 0 aliphatic rings. The van der Waals surface area contributed by atoms with E-state index in [1.54, 1.807) is 5.48 Å². The van der Waals surface area contributed by atoms with Crippen molar-refractivity contribution in [1.82, 2.24) is 5.48 Å². The Morgan fingerprint density at radius 1 is 1.32 bits per heavy atom. The van der Waals surface area contributed by atoms with E-state index in [2.05, 4.69) is 4.84 Å². The van der Waals surface area contributed by atoms with Crippen molar-refractivity contribution in [2.45, 2.75) is 6.18 Å². The predicted molar refractivity (Wildman–Crippen MR) is 62.1 cm³/mol. The van der Waals surface area contributed by atoms with Crippen LogP contribution >= 0.6 is 23.2 Å². The van der Waals surface area contributed by atoms with E-state index in [0.29, 0.717) is 5.02 Å². The van der Waals surface area contributed by atoms with Gasteiger partial charge in [-0.3, -0.25) is 9.63 Å². The van der Waals surface area contributed by atoms with Gasteiger partial charge in [0.25, 0.3) is 5.91 Å². The quantitative estimate of drug-likeness (QED) is 0.849. The maximum absolute atomic E-state index is 11.7. The largest absolute Gasteiger partial charge is 0.482 e. The fourth-order valence-corrected chi connectivity index (χ4v) is 1.43. The van der Waals surface area contributed by atoms with Crippen molar-refractivity contribution in [3.05, 3.63) is 28.2 Å². The van der Waals surface area contributed by atoms with Gasteiger partial charge in [0.2, 0.25) is 0 Å². The Kier molecular flexibility index (Phi) is 5.71. The molecule has 0 aliphatic heterocycles. The molecular weight excluding hydrogens is 310 g/mol. The first-order valence-electron chi connectivity index (χ1n) is 4.83. The van der Waals surface area contributed by atoms with Crippen LogP contribution in [0.5, 0.6) is 5.75 Å². The van der Waals surface area contributed by atoms with Crippen LogP contribution in [0.3, 0.4) is 0 Å². The minimum atomic E-state index is -4.52. The molecule has 0 saturated heterocycles. The molecule has 0 aliphatic carbocycles. The molecule has 0 spiro atoms. The molecule has 1 amide bonds. The number of rotatable bonds is 5. The maximum atomic E-state index is 11.7. The summed E-state index contributed by atoms with van der Waals surface area (Å²) in [6.45, 7) is -2.13. The minimum absolute atomic E-state index is 0.177. The lowest BCUT2D eigenvalue weighted by molar-refractivity contribution is -0.192. The summed E-state index contributed by atoms with van der Waals surface area (Å²) in [7, 11) is 0. The van der Waals surface area contributed by atoms with Crippen molar-refractivity contribution in [2.75, 3.05) is 13.2 Å². The Hall–Kier alpha value is -1.18. The first kappa shape index (κ1) is 15.9. The van der Waals surface area contributed by atoms with Gasteiger partial charge in [0, 0.05) is 5.02 Å². The molecule has 0 atom stereocenters. The standard InChI is InChI=1S/C10H8Cl2F3NO3/c11-6-1-2-8(7(12)3-6)18-4-9(17)16-19-5-10(13,14)15/h1-3H,4-5H2,(H,16,17). The number of ether oxygens (including phenoxy) is 1. The number of carbonyl (C=O) groups excluding carboxylic acids is 1. The van der Waals surface area contributed by atoms with Crippen LogP contribution in [0.25, 0.3) is 0 Å². The van der Waals surface area contributed by atoms with Crippen LogP contribution in [0.4, 0.5) is 13.2 Å². The number of nitrogens with one attached hydrogen (secondary N) is 1. The van der Waals surface area contributed by atoms with Crippen molar-refractivity contribution in [3.8, 4) is 5.75 Å². The number of halogens is 5. The van der Waals surface area contributed by atoms with Gasteiger partial charge in [-0.05, 0) is 18.2 Å². The van der Waals surface area contributed by atoms with Gasteiger partial charge in [-0.25, -0.2) is 5.48 Å². The topological polar surface area (TPSA) is 47.6 Å². The fraction of sp³-hybridized carbons (Fsp3) is 0.300. The number of amides is 1. The molecule has 0 heterocycles. The zero-order chi connectivity index (χ0) is 14.5. The van der Waals surface area contributed by atoms with Gasteiger partial charge in [-0.1, -0.05) is 23.2 Å². The van der Waals surface area contributed by atoms with Crippen LogP contribution in [-0.2, 0) is 9.63 Å². The highest BCUT2D eigenvalue weighted by atomic mass is 35.5. The van der Waals surface area contributed by atoms with Gasteiger partial charge in [-0.2, -0.15) is 13.2 Å². The van der Waals surface area contributed by atoms with E-state index in [4.69, 9.17) is 27.9 Å². The Bertz CT molecular complexity index is 454. The predicted octanol–water partition coefficient (Wildman–Crippen LogP) is 2.98. The van der Waals surface area contributed by atoms with Crippen LogP contribution in [0.1, 0.15) is 0 Å². The summed E-state index contributed by atoms with van der Waals surface area (Å²) in [6, 6.07) is 4.31. The molecule has 0 aromatic heterocycles. The molecule has 0 bridgehead atoms. The lowest BCUT2D eigenvalue weighted by atomic mass is 10.3. The number of hydrogen-bond donors (Lipinski definition) is 1. The third-order valence-electron chi connectivity index (χ3n) is 1.67. The average Bonchev–Trinajstić information content (AvgIpc) is 2.26. The number of benzene rings is 1. The Morgan fingerprint density at radius 3 is 2.58 bits per heavy atom. The fourth-order valence-electron chi connectivity index (χ4n) is 0.963. The van der Waals surface area contributed by atoms with Crippen molar-refractivity contribution in [3.63, 3.8) is 0 Å². The molecular formula is C10H8Cl2F3NO3. The monoisotopic (exact) mass is 317 g/mol. The zero-order valence-corrected chi connectivity index (χ0v) is 10.8. The third kappa shape index (κ3) is 6.51. The molecule has 19 heavy (non-hydrogen) atoms. The van der Waals surface area contributed by atoms with E-state index in [1.807, 2.05) is 0 Å². The van der Waals surface area contributed by atoms with Gasteiger partial charge < -0.3 is 4.74 Å². The highest BCUT2D eigenvalue weighted by molar-refractivity contribution is 6.35. The molecule has 1 rings (SSSR count). The van der Waals surface area contributed by atoms with E-state index < -0.39 is 25.3 Å². The highest BCUT2D eigenvalue weighted by Gasteiger charge is 2.28. The Labute approximate surface area is 116 Å². The van der Waals surface area contributed by atoms with E-state index >= 15 is 0 Å². The number of alkyl halides is 3. The Morgan fingerprint density at radius 2 is 2.00 bits per heavy atom. The minimum Gasteiger partial charge on any atom is -0.482 e.